The SMILES string of the molecule is COC(=O)C1=C(C(=O)OC)N(c2ccc(-c3nc(-c4ccc(C)cc4)no3)cc2)C=CC=C1. The lowest BCUT2D eigenvalue weighted by Crippen LogP contribution is -2.26. The van der Waals surface area contributed by atoms with E-state index in [1.165, 1.54) is 20.3 Å². The zero-order valence-corrected chi connectivity index (χ0v) is 18.3. The van der Waals surface area contributed by atoms with Crippen molar-refractivity contribution in [2.45, 2.75) is 6.92 Å². The van der Waals surface area contributed by atoms with Crippen LogP contribution in [0.2, 0.25) is 0 Å². The Balaban J connectivity index is 1.66. The Morgan fingerprint density at radius 2 is 1.55 bits per heavy atom. The quantitative estimate of drug-likeness (QED) is 0.542. The lowest BCUT2D eigenvalue weighted by molar-refractivity contribution is -0.139. The summed E-state index contributed by atoms with van der Waals surface area (Å²) in [6, 6.07) is 15.0. The summed E-state index contributed by atoms with van der Waals surface area (Å²) in [7, 11) is 2.51. The smallest absolute Gasteiger partial charge is 0.355 e. The highest BCUT2D eigenvalue weighted by Gasteiger charge is 2.27. The van der Waals surface area contributed by atoms with Gasteiger partial charge in [0.05, 0.1) is 19.8 Å². The predicted molar refractivity (Wildman–Crippen MR) is 122 cm³/mol. The molecule has 4 rings (SSSR count). The predicted octanol–water partition coefficient (Wildman–Crippen LogP) is 4.20. The van der Waals surface area contributed by atoms with Crippen molar-refractivity contribution in [1.82, 2.24) is 10.1 Å². The van der Waals surface area contributed by atoms with Crippen molar-refractivity contribution in [3.63, 3.8) is 0 Å². The highest BCUT2D eigenvalue weighted by atomic mass is 16.5. The number of hydrogen-bond acceptors (Lipinski definition) is 8. The van der Waals surface area contributed by atoms with Crippen molar-refractivity contribution in [3.05, 3.63) is 89.8 Å². The van der Waals surface area contributed by atoms with E-state index in [1.54, 1.807) is 47.5 Å². The Labute approximate surface area is 190 Å². The minimum atomic E-state index is -0.671. The molecule has 0 atom stereocenters. The molecule has 0 spiro atoms. The van der Waals surface area contributed by atoms with Gasteiger partial charge in [0.2, 0.25) is 5.82 Å². The summed E-state index contributed by atoms with van der Waals surface area (Å²) in [5.74, 6) is -0.458. The van der Waals surface area contributed by atoms with Gasteiger partial charge in [-0.25, -0.2) is 9.59 Å². The number of hydrogen-bond donors (Lipinski definition) is 0. The zero-order chi connectivity index (χ0) is 23.4. The van der Waals surface area contributed by atoms with E-state index in [2.05, 4.69) is 10.1 Å². The fourth-order valence-electron chi connectivity index (χ4n) is 3.29. The molecular formula is C25H21N3O5. The fraction of sp³-hybridized carbons (Fsp3) is 0.120. The van der Waals surface area contributed by atoms with Gasteiger partial charge in [-0.3, -0.25) is 0 Å². The van der Waals surface area contributed by atoms with Crippen molar-refractivity contribution in [3.8, 4) is 22.8 Å². The van der Waals surface area contributed by atoms with E-state index in [0.717, 1.165) is 11.1 Å². The number of carbonyl (C=O) groups is 2. The van der Waals surface area contributed by atoms with Crippen LogP contribution >= 0.6 is 0 Å². The van der Waals surface area contributed by atoms with Crippen LogP contribution in [0, 0.1) is 6.92 Å². The van der Waals surface area contributed by atoms with Crippen LogP contribution < -0.4 is 4.90 Å². The van der Waals surface area contributed by atoms with Crippen molar-refractivity contribution >= 4 is 17.6 Å². The maximum absolute atomic E-state index is 12.6. The number of esters is 2. The van der Waals surface area contributed by atoms with E-state index in [-0.39, 0.29) is 11.3 Å². The van der Waals surface area contributed by atoms with Gasteiger partial charge in [-0.05, 0) is 43.3 Å². The Kier molecular flexibility index (Phi) is 6.17. The summed E-state index contributed by atoms with van der Waals surface area (Å²) in [5, 5.41) is 4.07. The summed E-state index contributed by atoms with van der Waals surface area (Å²) >= 11 is 0. The summed E-state index contributed by atoms with van der Waals surface area (Å²) in [4.78, 5) is 30.9. The standard InChI is InChI=1S/C25H21N3O5/c1-16-7-9-17(10-8-16)22-26-23(33-27-22)18-11-13-19(14-12-18)28-15-5-4-6-20(24(29)31-2)21(28)25(30)32-3/h4-15H,1-3H3. The minimum absolute atomic E-state index is 0.0431. The molecule has 2 aromatic carbocycles. The number of anilines is 1. The van der Waals surface area contributed by atoms with Gasteiger partial charge in [0.15, 0.2) is 0 Å². The van der Waals surface area contributed by atoms with Gasteiger partial charge in [0, 0.05) is 23.0 Å². The lowest BCUT2D eigenvalue weighted by Gasteiger charge is -2.23. The van der Waals surface area contributed by atoms with Crippen molar-refractivity contribution < 1.29 is 23.6 Å². The summed E-state index contributed by atoms with van der Waals surface area (Å²) < 4.78 is 15.2. The van der Waals surface area contributed by atoms with Gasteiger partial charge in [-0.2, -0.15) is 4.98 Å². The number of carbonyl (C=O) groups excluding carboxylic acids is 2. The van der Waals surface area contributed by atoms with Crippen molar-refractivity contribution in [2.75, 3.05) is 19.1 Å². The molecule has 8 heteroatoms. The molecule has 0 fully saturated rings. The van der Waals surface area contributed by atoms with Crippen LogP contribution in [-0.4, -0.2) is 36.3 Å². The van der Waals surface area contributed by atoms with Gasteiger partial charge in [-0.15, -0.1) is 0 Å². The van der Waals surface area contributed by atoms with E-state index in [4.69, 9.17) is 14.0 Å². The monoisotopic (exact) mass is 443 g/mol. The van der Waals surface area contributed by atoms with Crippen LogP contribution in [0.4, 0.5) is 5.69 Å². The molecule has 0 N–H and O–H groups in total. The first-order valence-electron chi connectivity index (χ1n) is 10.1. The maximum atomic E-state index is 12.6. The second-order valence-corrected chi connectivity index (χ2v) is 7.15. The molecule has 8 nitrogen and oxygen atoms in total. The van der Waals surface area contributed by atoms with Gasteiger partial charge in [0.1, 0.15) is 5.70 Å². The van der Waals surface area contributed by atoms with Gasteiger partial charge in [-0.1, -0.05) is 41.1 Å². The molecule has 0 aliphatic carbocycles. The molecule has 0 radical (unpaired) electrons. The van der Waals surface area contributed by atoms with Gasteiger partial charge >= 0.3 is 11.9 Å². The Morgan fingerprint density at radius 3 is 2.21 bits per heavy atom. The molecule has 1 aliphatic heterocycles. The molecule has 166 valence electrons. The van der Waals surface area contributed by atoms with Crippen molar-refractivity contribution in [2.24, 2.45) is 0 Å². The average molecular weight is 443 g/mol. The number of allylic oxidation sites excluding steroid dienone is 2. The number of methoxy groups -OCH3 is 2. The highest BCUT2D eigenvalue weighted by molar-refractivity contribution is 6.05. The fourth-order valence-corrected chi connectivity index (χ4v) is 3.29. The van der Waals surface area contributed by atoms with Gasteiger partial charge < -0.3 is 18.9 Å². The lowest BCUT2D eigenvalue weighted by atomic mass is 10.1. The zero-order valence-electron chi connectivity index (χ0n) is 18.3. The van der Waals surface area contributed by atoms with Crippen LogP contribution in [0.3, 0.4) is 0 Å². The first-order valence-corrected chi connectivity index (χ1v) is 10.1. The van der Waals surface area contributed by atoms with Crippen molar-refractivity contribution in [1.29, 1.82) is 0 Å². The summed E-state index contributed by atoms with van der Waals surface area (Å²) in [5.41, 5.74) is 3.46. The minimum Gasteiger partial charge on any atom is -0.465 e. The van der Waals surface area contributed by atoms with E-state index < -0.39 is 11.9 Å². The first kappa shape index (κ1) is 21.8. The summed E-state index contributed by atoms with van der Waals surface area (Å²) in [6.07, 6.45) is 6.52. The van der Waals surface area contributed by atoms with E-state index in [1.807, 2.05) is 31.2 Å². The average Bonchev–Trinajstić information content (AvgIpc) is 3.23. The van der Waals surface area contributed by atoms with E-state index in [0.29, 0.717) is 23.0 Å². The molecule has 0 saturated heterocycles. The third-order valence-corrected chi connectivity index (χ3v) is 5.02. The third-order valence-electron chi connectivity index (χ3n) is 5.02. The maximum Gasteiger partial charge on any atom is 0.355 e. The number of rotatable bonds is 5. The Hall–Kier alpha value is -4.46. The van der Waals surface area contributed by atoms with Crippen LogP contribution in [0.5, 0.6) is 0 Å². The molecule has 1 aliphatic rings. The van der Waals surface area contributed by atoms with Gasteiger partial charge in [0.25, 0.3) is 5.89 Å². The molecule has 1 aromatic heterocycles. The van der Waals surface area contributed by atoms with Crippen LogP contribution in [0.1, 0.15) is 5.56 Å². The van der Waals surface area contributed by atoms with E-state index in [9.17, 15) is 9.59 Å². The largest absolute Gasteiger partial charge is 0.465 e. The summed E-state index contributed by atoms with van der Waals surface area (Å²) in [6.45, 7) is 2.01. The second kappa shape index (κ2) is 9.35. The number of aromatic nitrogens is 2. The highest BCUT2D eigenvalue weighted by Crippen LogP contribution is 2.29. The van der Waals surface area contributed by atoms with Crippen LogP contribution in [0.15, 0.2) is 88.8 Å². The van der Waals surface area contributed by atoms with Crippen LogP contribution in [-0.2, 0) is 19.1 Å². The molecule has 3 aromatic rings. The topological polar surface area (TPSA) is 94.8 Å². The molecular weight excluding hydrogens is 422 g/mol. The number of nitrogens with zero attached hydrogens (tertiary/aromatic N) is 3. The normalized spacial score (nSPS) is 13.1. The Bertz CT molecular complexity index is 1270. The van der Waals surface area contributed by atoms with E-state index >= 15 is 0 Å². The molecule has 0 saturated carbocycles. The number of ether oxygens (including phenoxy) is 2. The molecule has 0 bridgehead atoms. The molecule has 0 amide bonds. The molecule has 33 heavy (non-hydrogen) atoms. The third kappa shape index (κ3) is 4.45. The number of aryl methyl sites for hydroxylation is 1. The van der Waals surface area contributed by atoms with Crippen LogP contribution in [0.25, 0.3) is 22.8 Å². The number of benzene rings is 2. The molecule has 0 unspecified atom stereocenters. The second-order valence-electron chi connectivity index (χ2n) is 7.15. The Morgan fingerprint density at radius 1 is 0.879 bits per heavy atom. The first-order chi connectivity index (χ1) is 16.0. The molecule has 2 heterocycles.